The fraction of sp³-hybridized carbons (Fsp3) is 0.824. The van der Waals surface area contributed by atoms with E-state index in [1.807, 2.05) is 0 Å². The third-order valence-corrected chi connectivity index (χ3v) is 13.1. The number of fused-ring (bicyclic) bond motifs is 5. The zero-order valence-corrected chi connectivity index (χ0v) is 27.6. The Morgan fingerprint density at radius 2 is 1.43 bits per heavy atom. The van der Waals surface area contributed by atoms with Crippen LogP contribution < -0.4 is 0 Å². The Morgan fingerprint density at radius 1 is 0.800 bits per heavy atom. The molecule has 4 saturated carbocycles. The van der Waals surface area contributed by atoms with Crippen LogP contribution in [0, 0.1) is 45.3 Å². The second-order valence-electron chi connectivity index (χ2n) is 15.0. The van der Waals surface area contributed by atoms with Gasteiger partial charge in [0, 0.05) is 11.3 Å². The van der Waals surface area contributed by atoms with E-state index < -0.39 is 0 Å². The fourth-order valence-electron chi connectivity index (χ4n) is 10.6. The highest BCUT2D eigenvalue weighted by atomic mass is 35.5. The molecule has 0 bridgehead atoms. The summed E-state index contributed by atoms with van der Waals surface area (Å²) in [6.45, 7) is 18.7. The van der Waals surface area contributed by atoms with E-state index in [0.717, 1.165) is 51.4 Å². The predicted molar refractivity (Wildman–Crippen MR) is 163 cm³/mol. The van der Waals surface area contributed by atoms with Crippen LogP contribution in [-0.4, -0.2) is 35.9 Å². The highest BCUT2D eigenvalue weighted by molar-refractivity contribution is 6.26. The van der Waals surface area contributed by atoms with Crippen molar-refractivity contribution in [2.75, 3.05) is 11.8 Å². The number of alkyl halides is 2. The largest absolute Gasteiger partial charge is 0.461 e. The molecule has 0 aromatic rings. The number of hydrogen-bond acceptors (Lipinski definition) is 4. The zero-order valence-electron chi connectivity index (χ0n) is 26.1. The first-order valence-electron chi connectivity index (χ1n) is 15.5. The molecule has 4 rings (SSSR count). The van der Waals surface area contributed by atoms with Crippen molar-refractivity contribution in [1.82, 2.24) is 0 Å². The van der Waals surface area contributed by atoms with Gasteiger partial charge in [0.15, 0.2) is 0 Å². The third kappa shape index (κ3) is 5.20. The Hall–Kier alpha value is -1.000. The van der Waals surface area contributed by atoms with Crippen molar-refractivity contribution in [3.8, 4) is 0 Å². The Kier molecular flexibility index (Phi) is 9.25. The number of rotatable bonds is 7. The first-order chi connectivity index (χ1) is 18.7. The van der Waals surface area contributed by atoms with E-state index in [0.29, 0.717) is 17.8 Å². The molecule has 0 saturated heterocycles. The van der Waals surface area contributed by atoms with E-state index >= 15 is 0 Å². The van der Waals surface area contributed by atoms with Crippen molar-refractivity contribution in [2.24, 2.45) is 45.3 Å². The predicted octanol–water partition coefficient (Wildman–Crippen LogP) is 8.89. The van der Waals surface area contributed by atoms with Crippen molar-refractivity contribution >= 4 is 35.1 Å². The summed E-state index contributed by atoms with van der Waals surface area (Å²) in [6.07, 6.45) is 12.6. The molecular formula is C34H52Cl2O4. The fourth-order valence-corrected chi connectivity index (χ4v) is 10.7. The number of halogens is 2. The van der Waals surface area contributed by atoms with Crippen LogP contribution in [0.2, 0.25) is 0 Å². The second-order valence-corrected chi connectivity index (χ2v) is 15.5. The van der Waals surface area contributed by atoms with Gasteiger partial charge < -0.3 is 9.47 Å². The van der Waals surface area contributed by atoms with Crippen LogP contribution in [0.1, 0.15) is 107 Å². The molecule has 6 heteroatoms. The van der Waals surface area contributed by atoms with Crippen LogP contribution in [0.4, 0.5) is 0 Å². The van der Waals surface area contributed by atoms with E-state index in [1.54, 1.807) is 0 Å². The van der Waals surface area contributed by atoms with Crippen molar-refractivity contribution in [3.63, 3.8) is 0 Å². The molecule has 4 aliphatic rings. The minimum Gasteiger partial charge on any atom is -0.461 e. The average Bonchev–Trinajstić information content (AvgIpc) is 3.26. The minimum atomic E-state index is -0.324. The standard InChI is InChI=1S/C34H52Cl2O4/c1-21(2)10-9-11-22(3)23-12-16-34(8)30(23)24(39-28(37)19-35)18-26-32(6)15-14-27(40-29(38)20-36)31(4,5)25(32)13-17-33(26,34)7/h10-11,23-27,30H,9,12-20H2,1-8H3/b22-11+/t23-,24-,25+,26-,27+,30+,32+,33-,34-/m1/s1. The molecule has 40 heavy (non-hydrogen) atoms. The number of allylic oxidation sites excluding steroid dienone is 4. The molecule has 0 unspecified atom stereocenters. The zero-order chi connectivity index (χ0) is 29.7. The Balaban J connectivity index is 1.72. The maximum atomic E-state index is 12.7. The van der Waals surface area contributed by atoms with Crippen LogP contribution in [0.25, 0.3) is 0 Å². The van der Waals surface area contributed by atoms with Crippen molar-refractivity contribution in [3.05, 3.63) is 23.3 Å². The quantitative estimate of drug-likeness (QED) is 0.168. The summed E-state index contributed by atoms with van der Waals surface area (Å²) >= 11 is 11.8. The van der Waals surface area contributed by atoms with Gasteiger partial charge in [0.1, 0.15) is 24.0 Å². The molecule has 4 fully saturated rings. The molecule has 0 aromatic heterocycles. The second kappa shape index (κ2) is 11.6. The summed E-state index contributed by atoms with van der Waals surface area (Å²) < 4.78 is 12.2. The molecule has 9 atom stereocenters. The van der Waals surface area contributed by atoms with Gasteiger partial charge in [-0.05, 0) is 106 Å². The maximum absolute atomic E-state index is 12.7. The highest BCUT2D eigenvalue weighted by Crippen LogP contribution is 2.76. The molecule has 0 aliphatic heterocycles. The molecule has 0 spiro atoms. The smallest absolute Gasteiger partial charge is 0.321 e. The minimum absolute atomic E-state index is 0.0590. The lowest BCUT2D eigenvalue weighted by Gasteiger charge is -2.70. The Bertz CT molecular complexity index is 1040. The highest BCUT2D eigenvalue weighted by Gasteiger charge is 2.71. The first kappa shape index (κ1) is 31.9. The third-order valence-electron chi connectivity index (χ3n) is 12.6. The monoisotopic (exact) mass is 594 g/mol. The molecule has 226 valence electrons. The van der Waals surface area contributed by atoms with Crippen molar-refractivity contribution in [2.45, 2.75) is 119 Å². The average molecular weight is 596 g/mol. The van der Waals surface area contributed by atoms with Gasteiger partial charge in [-0.1, -0.05) is 57.9 Å². The van der Waals surface area contributed by atoms with Gasteiger partial charge >= 0.3 is 11.9 Å². The molecule has 0 amide bonds. The first-order valence-corrected chi connectivity index (χ1v) is 16.5. The SMILES string of the molecule is CC(C)=CC/C=C(\C)[C@H]1CC[C@]2(C)[C@@H]1[C@H](OC(=O)CCl)C[C@@H]1[C@@]3(C)CC[C@H](OC(=O)CCl)C(C)(C)[C@@H]3CC[C@]12C. The van der Waals surface area contributed by atoms with Crippen LogP contribution in [0.5, 0.6) is 0 Å². The van der Waals surface area contributed by atoms with Gasteiger partial charge in [-0.3, -0.25) is 9.59 Å². The number of hydrogen-bond donors (Lipinski definition) is 0. The summed E-state index contributed by atoms with van der Waals surface area (Å²) in [7, 11) is 0. The molecular weight excluding hydrogens is 543 g/mol. The van der Waals surface area contributed by atoms with Gasteiger partial charge in [-0.25, -0.2) is 0 Å². The summed E-state index contributed by atoms with van der Waals surface area (Å²) in [4.78, 5) is 24.9. The van der Waals surface area contributed by atoms with Crippen LogP contribution in [-0.2, 0) is 19.1 Å². The van der Waals surface area contributed by atoms with Crippen molar-refractivity contribution < 1.29 is 19.1 Å². The van der Waals surface area contributed by atoms with Gasteiger partial charge in [-0.2, -0.15) is 0 Å². The van der Waals surface area contributed by atoms with Crippen molar-refractivity contribution in [1.29, 1.82) is 0 Å². The number of carbonyl (C=O) groups excluding carboxylic acids is 2. The molecule has 0 radical (unpaired) electrons. The van der Waals surface area contributed by atoms with E-state index in [2.05, 4.69) is 67.5 Å². The van der Waals surface area contributed by atoms with Crippen LogP contribution in [0.15, 0.2) is 23.3 Å². The van der Waals surface area contributed by atoms with E-state index in [9.17, 15) is 9.59 Å². The van der Waals surface area contributed by atoms with E-state index in [-0.39, 0.29) is 63.5 Å². The van der Waals surface area contributed by atoms with Gasteiger partial charge in [-0.15, -0.1) is 23.2 Å². The van der Waals surface area contributed by atoms with Gasteiger partial charge in [0.05, 0.1) is 0 Å². The summed E-state index contributed by atoms with van der Waals surface area (Å²) in [5.74, 6) is 0.679. The lowest BCUT2D eigenvalue weighted by atomic mass is 9.35. The molecule has 4 nitrogen and oxygen atoms in total. The van der Waals surface area contributed by atoms with Crippen LogP contribution >= 0.6 is 23.2 Å². The van der Waals surface area contributed by atoms with E-state index in [1.165, 1.54) is 11.1 Å². The van der Waals surface area contributed by atoms with E-state index in [4.69, 9.17) is 32.7 Å². The number of carbonyl (C=O) groups is 2. The number of ether oxygens (including phenoxy) is 2. The lowest BCUT2D eigenvalue weighted by molar-refractivity contribution is -0.246. The Labute approximate surface area is 253 Å². The maximum Gasteiger partial charge on any atom is 0.321 e. The Morgan fingerprint density at radius 3 is 2.05 bits per heavy atom. The molecule has 0 aromatic carbocycles. The van der Waals surface area contributed by atoms with Crippen LogP contribution in [0.3, 0.4) is 0 Å². The molecule has 4 aliphatic carbocycles. The number of esters is 2. The van der Waals surface area contributed by atoms with Gasteiger partial charge in [0.25, 0.3) is 0 Å². The topological polar surface area (TPSA) is 52.6 Å². The summed E-state index contributed by atoms with van der Waals surface area (Å²) in [5, 5.41) is 0. The lowest BCUT2D eigenvalue weighted by Crippen LogP contribution is -2.66. The summed E-state index contributed by atoms with van der Waals surface area (Å²) in [5.41, 5.74) is 2.87. The molecule has 0 heterocycles. The normalized spacial score (nSPS) is 42.2. The molecule has 0 N–H and O–H groups in total. The van der Waals surface area contributed by atoms with Gasteiger partial charge in [0.2, 0.25) is 0 Å². The summed E-state index contributed by atoms with van der Waals surface area (Å²) in [6, 6.07) is 0.